The summed E-state index contributed by atoms with van der Waals surface area (Å²) >= 11 is 0. The topological polar surface area (TPSA) is 64.3 Å². The Morgan fingerprint density at radius 3 is 2.61 bits per heavy atom. The van der Waals surface area contributed by atoms with Gasteiger partial charge in [0.25, 0.3) is 5.91 Å². The molecule has 0 bridgehead atoms. The number of ether oxygens (including phenoxy) is 1. The van der Waals surface area contributed by atoms with Gasteiger partial charge < -0.3 is 15.8 Å². The predicted octanol–water partition coefficient (Wildman–Crippen LogP) is 5.22. The van der Waals surface area contributed by atoms with Crippen molar-refractivity contribution < 1.29 is 9.53 Å². The van der Waals surface area contributed by atoms with Crippen molar-refractivity contribution in [3.63, 3.8) is 0 Å². The molecule has 31 heavy (non-hydrogen) atoms. The van der Waals surface area contributed by atoms with Crippen LogP contribution in [0.3, 0.4) is 0 Å². The van der Waals surface area contributed by atoms with Gasteiger partial charge in [-0.15, -0.1) is 0 Å². The molecule has 3 N–H and O–H groups in total. The molecule has 0 saturated heterocycles. The normalized spacial score (nSPS) is 22.1. The highest BCUT2D eigenvalue weighted by Crippen LogP contribution is 2.48. The first-order valence-corrected chi connectivity index (χ1v) is 11.4. The summed E-state index contributed by atoms with van der Waals surface area (Å²) in [6, 6.07) is 20.6. The minimum absolute atomic E-state index is 0.0258. The Kier molecular flexibility index (Phi) is 5.19. The third-order valence-electron chi connectivity index (χ3n) is 6.90. The number of hydrogen-bond donors (Lipinski definition) is 2. The zero-order valence-corrected chi connectivity index (χ0v) is 18.1. The predicted molar refractivity (Wildman–Crippen MR) is 124 cm³/mol. The summed E-state index contributed by atoms with van der Waals surface area (Å²) in [6.07, 6.45) is 6.22. The molecule has 5 rings (SSSR count). The maximum atomic E-state index is 13.3. The van der Waals surface area contributed by atoms with Crippen LogP contribution in [0.15, 0.2) is 60.7 Å². The van der Waals surface area contributed by atoms with E-state index in [2.05, 4.69) is 47.8 Å². The van der Waals surface area contributed by atoms with Crippen molar-refractivity contribution in [3.8, 4) is 5.75 Å². The second-order valence-electron chi connectivity index (χ2n) is 9.14. The largest absolute Gasteiger partial charge is 0.489 e. The third kappa shape index (κ3) is 3.92. The first-order chi connectivity index (χ1) is 15.1. The summed E-state index contributed by atoms with van der Waals surface area (Å²) in [4.78, 5) is 13.3. The van der Waals surface area contributed by atoms with E-state index in [1.54, 1.807) is 0 Å². The van der Waals surface area contributed by atoms with Crippen LogP contribution in [0.1, 0.15) is 60.0 Å². The van der Waals surface area contributed by atoms with E-state index in [9.17, 15) is 4.79 Å². The number of aryl methyl sites for hydroxylation is 1. The number of amides is 1. The number of nitrogens with one attached hydrogen (secondary N) is 1. The van der Waals surface area contributed by atoms with Crippen LogP contribution >= 0.6 is 0 Å². The summed E-state index contributed by atoms with van der Waals surface area (Å²) in [7, 11) is 0. The Balaban J connectivity index is 1.39. The van der Waals surface area contributed by atoms with E-state index in [0.29, 0.717) is 5.56 Å². The lowest BCUT2D eigenvalue weighted by molar-refractivity contribution is 0.0928. The molecule has 0 aliphatic heterocycles. The van der Waals surface area contributed by atoms with E-state index < -0.39 is 0 Å². The van der Waals surface area contributed by atoms with Gasteiger partial charge in [0.1, 0.15) is 11.9 Å². The summed E-state index contributed by atoms with van der Waals surface area (Å²) in [5.41, 5.74) is 8.80. The molecule has 2 aliphatic rings. The molecule has 0 radical (unpaired) electrons. The average molecular weight is 415 g/mol. The van der Waals surface area contributed by atoms with E-state index in [4.69, 9.17) is 10.5 Å². The second-order valence-corrected chi connectivity index (χ2v) is 9.14. The molecule has 4 heteroatoms. The van der Waals surface area contributed by atoms with Crippen LogP contribution in [0.25, 0.3) is 10.8 Å². The SMILES string of the molecule is Cc1ccc(O[C@@H]2CCCC[C@@H]2N)cc1C(=O)NC1(c2cccc3ccccc23)CC1. The van der Waals surface area contributed by atoms with Gasteiger partial charge in [0.05, 0.1) is 5.54 Å². The lowest BCUT2D eigenvalue weighted by Gasteiger charge is -2.29. The Bertz CT molecular complexity index is 1110. The van der Waals surface area contributed by atoms with E-state index in [-0.39, 0.29) is 23.6 Å². The van der Waals surface area contributed by atoms with Crippen molar-refractivity contribution in [1.82, 2.24) is 5.32 Å². The fourth-order valence-electron chi connectivity index (χ4n) is 4.88. The average Bonchev–Trinajstić information content (AvgIpc) is 3.56. The van der Waals surface area contributed by atoms with E-state index in [1.165, 1.54) is 22.8 Å². The van der Waals surface area contributed by atoms with Gasteiger partial charge in [0.15, 0.2) is 0 Å². The van der Waals surface area contributed by atoms with Crippen LogP contribution < -0.4 is 15.8 Å². The Hall–Kier alpha value is -2.85. The number of rotatable bonds is 5. The summed E-state index contributed by atoms with van der Waals surface area (Å²) < 4.78 is 6.20. The maximum Gasteiger partial charge on any atom is 0.252 e. The number of benzene rings is 3. The third-order valence-corrected chi connectivity index (χ3v) is 6.90. The second kappa shape index (κ2) is 8.01. The molecule has 3 aromatic rings. The molecule has 1 amide bonds. The van der Waals surface area contributed by atoms with Crippen molar-refractivity contribution in [2.75, 3.05) is 0 Å². The van der Waals surface area contributed by atoms with Crippen molar-refractivity contribution in [3.05, 3.63) is 77.4 Å². The molecule has 0 unspecified atom stereocenters. The standard InChI is InChI=1S/C27H30N2O2/c1-18-13-14-20(31-25-12-5-4-11-24(25)28)17-22(18)26(30)29-27(15-16-27)23-10-6-8-19-7-2-3-9-21(19)23/h2-3,6-10,13-14,17,24-25H,4-5,11-12,15-16,28H2,1H3,(H,29,30)/t24-,25+/m0/s1. The smallest absolute Gasteiger partial charge is 0.252 e. The molecule has 2 atom stereocenters. The van der Waals surface area contributed by atoms with Crippen LogP contribution in [-0.4, -0.2) is 18.1 Å². The highest BCUT2D eigenvalue weighted by atomic mass is 16.5. The van der Waals surface area contributed by atoms with Crippen molar-refractivity contribution in [2.24, 2.45) is 5.73 Å². The molecule has 2 fully saturated rings. The van der Waals surface area contributed by atoms with Gasteiger partial charge in [-0.05, 0) is 73.1 Å². The highest BCUT2D eigenvalue weighted by molar-refractivity contribution is 5.97. The highest BCUT2D eigenvalue weighted by Gasteiger charge is 2.46. The van der Waals surface area contributed by atoms with Crippen LogP contribution in [0.2, 0.25) is 0 Å². The number of carbonyl (C=O) groups is 1. The maximum absolute atomic E-state index is 13.3. The van der Waals surface area contributed by atoms with Gasteiger partial charge in [-0.1, -0.05) is 55.0 Å². The Labute approximate surface area is 183 Å². The summed E-state index contributed by atoms with van der Waals surface area (Å²) in [6.45, 7) is 1.97. The molecular weight excluding hydrogens is 384 g/mol. The molecule has 2 aliphatic carbocycles. The van der Waals surface area contributed by atoms with Gasteiger partial charge in [-0.2, -0.15) is 0 Å². The van der Waals surface area contributed by atoms with Crippen LogP contribution in [0.4, 0.5) is 0 Å². The Morgan fingerprint density at radius 1 is 1.03 bits per heavy atom. The van der Waals surface area contributed by atoms with Crippen LogP contribution in [-0.2, 0) is 5.54 Å². The van der Waals surface area contributed by atoms with Gasteiger partial charge in [0.2, 0.25) is 0 Å². The first kappa shape index (κ1) is 20.1. The zero-order valence-electron chi connectivity index (χ0n) is 18.1. The first-order valence-electron chi connectivity index (χ1n) is 11.4. The molecular formula is C27H30N2O2. The van der Waals surface area contributed by atoms with Gasteiger partial charge in [-0.25, -0.2) is 0 Å². The van der Waals surface area contributed by atoms with E-state index >= 15 is 0 Å². The quantitative estimate of drug-likeness (QED) is 0.602. The van der Waals surface area contributed by atoms with Gasteiger partial charge >= 0.3 is 0 Å². The number of nitrogens with two attached hydrogens (primary N) is 1. The minimum Gasteiger partial charge on any atom is -0.489 e. The fourth-order valence-corrected chi connectivity index (χ4v) is 4.88. The van der Waals surface area contributed by atoms with Crippen LogP contribution in [0.5, 0.6) is 5.75 Å². The molecule has 0 aromatic heterocycles. The molecule has 160 valence electrons. The molecule has 3 aromatic carbocycles. The summed E-state index contributed by atoms with van der Waals surface area (Å²) in [5, 5.41) is 5.77. The van der Waals surface area contributed by atoms with Gasteiger partial charge in [0, 0.05) is 11.6 Å². The van der Waals surface area contributed by atoms with Crippen LogP contribution in [0, 0.1) is 6.92 Å². The van der Waals surface area contributed by atoms with E-state index in [1.807, 2.05) is 25.1 Å². The lowest BCUT2D eigenvalue weighted by Crippen LogP contribution is -2.41. The monoisotopic (exact) mass is 414 g/mol. The van der Waals surface area contributed by atoms with Crippen molar-refractivity contribution >= 4 is 16.7 Å². The number of hydrogen-bond acceptors (Lipinski definition) is 3. The fraction of sp³-hybridized carbons (Fsp3) is 0.370. The minimum atomic E-state index is -0.285. The molecule has 4 nitrogen and oxygen atoms in total. The number of fused-ring (bicyclic) bond motifs is 1. The molecule has 0 heterocycles. The zero-order chi connectivity index (χ0) is 21.4. The lowest BCUT2D eigenvalue weighted by atomic mass is 9.93. The Morgan fingerprint density at radius 2 is 1.81 bits per heavy atom. The number of carbonyl (C=O) groups excluding carboxylic acids is 1. The molecule has 2 saturated carbocycles. The van der Waals surface area contributed by atoms with Crippen molar-refractivity contribution in [1.29, 1.82) is 0 Å². The molecule has 0 spiro atoms. The van der Waals surface area contributed by atoms with Gasteiger partial charge in [-0.3, -0.25) is 4.79 Å². The van der Waals surface area contributed by atoms with E-state index in [0.717, 1.165) is 43.4 Å². The summed E-state index contributed by atoms with van der Waals surface area (Å²) in [5.74, 6) is 0.689. The van der Waals surface area contributed by atoms with Crippen molar-refractivity contribution in [2.45, 2.75) is 63.1 Å².